The van der Waals surface area contributed by atoms with Crippen molar-refractivity contribution in [2.45, 2.75) is 46.2 Å². The molecule has 9 heteroatoms. The van der Waals surface area contributed by atoms with Crippen LogP contribution in [0.4, 0.5) is 5.69 Å². The van der Waals surface area contributed by atoms with E-state index in [1.165, 1.54) is 10.7 Å². The number of carbonyl (C=O) groups is 2. The van der Waals surface area contributed by atoms with Crippen molar-refractivity contribution in [3.8, 4) is 0 Å². The number of amides is 2. The molecule has 1 saturated heterocycles. The Balaban J connectivity index is 1.34. The van der Waals surface area contributed by atoms with Gasteiger partial charge in [0.05, 0.1) is 23.1 Å². The summed E-state index contributed by atoms with van der Waals surface area (Å²) in [6.45, 7) is 5.74. The van der Waals surface area contributed by atoms with Gasteiger partial charge in [0.15, 0.2) is 0 Å². The molecule has 4 rings (SSSR count). The first kappa shape index (κ1) is 21.7. The van der Waals surface area contributed by atoms with Gasteiger partial charge in [-0.25, -0.2) is 9.67 Å². The van der Waals surface area contributed by atoms with Crippen molar-refractivity contribution in [2.24, 2.45) is 5.92 Å². The lowest BCUT2D eigenvalue weighted by atomic mass is 9.94. The van der Waals surface area contributed by atoms with Crippen molar-refractivity contribution in [3.63, 3.8) is 0 Å². The number of imidazole rings is 1. The molecule has 32 heavy (non-hydrogen) atoms. The molecule has 3 heterocycles. The lowest BCUT2D eigenvalue weighted by Crippen LogP contribution is -2.43. The summed E-state index contributed by atoms with van der Waals surface area (Å²) in [5.74, 6) is -0.139. The van der Waals surface area contributed by atoms with Gasteiger partial charge in [-0.3, -0.25) is 14.4 Å². The predicted molar refractivity (Wildman–Crippen MR) is 121 cm³/mol. The monoisotopic (exact) mass is 436 g/mol. The molecule has 3 aromatic rings. The highest BCUT2D eigenvalue weighted by atomic mass is 16.2. The fraction of sp³-hybridized carbons (Fsp3) is 0.435. The number of hydrogen-bond donors (Lipinski definition) is 1. The number of nitrogens with zero attached hydrogens (tertiary/aromatic N) is 5. The van der Waals surface area contributed by atoms with Crippen molar-refractivity contribution in [2.75, 3.05) is 18.4 Å². The Morgan fingerprint density at radius 3 is 2.88 bits per heavy atom. The van der Waals surface area contributed by atoms with E-state index in [0.29, 0.717) is 25.2 Å². The van der Waals surface area contributed by atoms with Gasteiger partial charge in [-0.2, -0.15) is 5.10 Å². The second-order valence-electron chi connectivity index (χ2n) is 8.30. The summed E-state index contributed by atoms with van der Waals surface area (Å²) in [7, 11) is 0. The highest BCUT2D eigenvalue weighted by Gasteiger charge is 2.26. The molecule has 0 aliphatic carbocycles. The molecule has 2 amide bonds. The average Bonchev–Trinajstić information content (AvgIpc) is 3.18. The zero-order chi connectivity index (χ0) is 22.7. The van der Waals surface area contributed by atoms with Crippen LogP contribution in [0, 0.1) is 12.8 Å². The van der Waals surface area contributed by atoms with Crippen LogP contribution >= 0.6 is 0 Å². The molecule has 0 bridgehead atoms. The average molecular weight is 437 g/mol. The molecule has 0 saturated carbocycles. The summed E-state index contributed by atoms with van der Waals surface area (Å²) in [4.78, 5) is 43.4. The fourth-order valence-electron chi connectivity index (χ4n) is 4.22. The molecular weight excluding hydrogens is 408 g/mol. The third-order valence-corrected chi connectivity index (χ3v) is 5.88. The summed E-state index contributed by atoms with van der Waals surface area (Å²) in [5.41, 5.74) is 2.99. The quantitative estimate of drug-likeness (QED) is 0.638. The Bertz CT molecular complexity index is 1200. The number of aryl methyl sites for hydroxylation is 2. The molecule has 9 nitrogen and oxygen atoms in total. The smallest absolute Gasteiger partial charge is 0.267 e. The topological polar surface area (TPSA) is 102 Å². The molecule has 0 spiro atoms. The van der Waals surface area contributed by atoms with Gasteiger partial charge in [0.25, 0.3) is 5.56 Å². The maximum absolute atomic E-state index is 12.7. The minimum absolute atomic E-state index is 0.0739. The Morgan fingerprint density at radius 1 is 1.22 bits per heavy atom. The molecular formula is C23H28N6O3. The van der Waals surface area contributed by atoms with E-state index in [1.807, 2.05) is 18.2 Å². The number of carbonyl (C=O) groups excluding carboxylic acids is 2. The van der Waals surface area contributed by atoms with E-state index in [4.69, 9.17) is 0 Å². The maximum atomic E-state index is 12.7. The normalized spacial score (nSPS) is 16.3. The first-order valence-electron chi connectivity index (χ1n) is 11.0. The van der Waals surface area contributed by atoms with Gasteiger partial charge in [-0.05, 0) is 56.9 Å². The van der Waals surface area contributed by atoms with Crippen molar-refractivity contribution < 1.29 is 9.59 Å². The number of aromatic nitrogens is 4. The highest BCUT2D eigenvalue weighted by Crippen LogP contribution is 2.22. The van der Waals surface area contributed by atoms with E-state index >= 15 is 0 Å². The minimum atomic E-state index is -0.294. The van der Waals surface area contributed by atoms with E-state index in [1.54, 1.807) is 24.2 Å². The number of piperidine rings is 1. The molecule has 1 N–H and O–H groups in total. The molecule has 1 fully saturated rings. The summed E-state index contributed by atoms with van der Waals surface area (Å²) in [6, 6.07) is 8.78. The lowest BCUT2D eigenvalue weighted by molar-refractivity contribution is -0.134. The Kier molecular flexibility index (Phi) is 6.34. The number of nitrogens with one attached hydrogen (secondary N) is 1. The molecule has 0 radical (unpaired) electrons. The Morgan fingerprint density at radius 2 is 2.06 bits per heavy atom. The SMILES string of the molecule is CCn1cnc2cc(NC(=O)C[C@H]3CCCN(C(=O)Cn4nc(C)ccc4=O)C3)ccc21. The summed E-state index contributed by atoms with van der Waals surface area (Å²) >= 11 is 0. The van der Waals surface area contributed by atoms with Crippen molar-refractivity contribution in [3.05, 3.63) is 52.7 Å². The number of hydrogen-bond acceptors (Lipinski definition) is 5. The van der Waals surface area contributed by atoms with Crippen molar-refractivity contribution in [1.82, 2.24) is 24.2 Å². The first-order chi connectivity index (χ1) is 15.4. The van der Waals surface area contributed by atoms with Crippen LogP contribution in [0.3, 0.4) is 0 Å². The van der Waals surface area contributed by atoms with Gasteiger partial charge in [0, 0.05) is 37.8 Å². The van der Waals surface area contributed by atoms with E-state index in [2.05, 4.69) is 26.9 Å². The second kappa shape index (κ2) is 9.33. The highest BCUT2D eigenvalue weighted by molar-refractivity contribution is 5.93. The van der Waals surface area contributed by atoms with Crippen LogP contribution in [0.15, 0.2) is 41.5 Å². The fourth-order valence-corrected chi connectivity index (χ4v) is 4.22. The zero-order valence-electron chi connectivity index (χ0n) is 18.5. The van der Waals surface area contributed by atoms with E-state index in [9.17, 15) is 14.4 Å². The standard InChI is InChI=1S/C23H28N6O3/c1-3-27-15-24-19-12-18(7-8-20(19)27)25-21(30)11-17-5-4-10-28(13-17)23(32)14-29-22(31)9-6-16(2)26-29/h6-9,12,15,17H,3-5,10-11,13-14H2,1-2H3,(H,25,30)/t17-/m1/s1. The van der Waals surface area contributed by atoms with Gasteiger partial charge in [0.1, 0.15) is 6.54 Å². The number of benzene rings is 1. The van der Waals surface area contributed by atoms with Gasteiger partial charge in [-0.1, -0.05) is 0 Å². The summed E-state index contributed by atoms with van der Waals surface area (Å²) in [5, 5.41) is 7.10. The van der Waals surface area contributed by atoms with Gasteiger partial charge in [0.2, 0.25) is 11.8 Å². The zero-order valence-corrected chi connectivity index (χ0v) is 18.5. The maximum Gasteiger partial charge on any atom is 0.267 e. The van der Waals surface area contributed by atoms with Gasteiger partial charge >= 0.3 is 0 Å². The molecule has 2 aromatic heterocycles. The van der Waals surface area contributed by atoms with Crippen LogP contribution in [0.2, 0.25) is 0 Å². The largest absolute Gasteiger partial charge is 0.341 e. The third kappa shape index (κ3) is 4.87. The van der Waals surface area contributed by atoms with Crippen LogP contribution in [0.1, 0.15) is 31.9 Å². The van der Waals surface area contributed by atoms with Crippen LogP contribution in [-0.2, 0) is 22.7 Å². The molecule has 1 aromatic carbocycles. The van der Waals surface area contributed by atoms with Crippen LogP contribution in [0.5, 0.6) is 0 Å². The second-order valence-corrected chi connectivity index (χ2v) is 8.30. The Labute approximate surface area is 186 Å². The van der Waals surface area contributed by atoms with Crippen LogP contribution in [0.25, 0.3) is 11.0 Å². The number of anilines is 1. The lowest BCUT2D eigenvalue weighted by Gasteiger charge is -2.32. The van der Waals surface area contributed by atoms with Crippen LogP contribution in [-0.4, -0.2) is 49.1 Å². The van der Waals surface area contributed by atoms with E-state index in [-0.39, 0.29) is 29.8 Å². The third-order valence-electron chi connectivity index (χ3n) is 5.88. The predicted octanol–water partition coefficient (Wildman–Crippen LogP) is 2.19. The molecule has 168 valence electrons. The van der Waals surface area contributed by atoms with Crippen LogP contribution < -0.4 is 10.9 Å². The molecule has 1 aliphatic rings. The van der Waals surface area contributed by atoms with Crippen molar-refractivity contribution in [1.29, 1.82) is 0 Å². The Hall–Kier alpha value is -3.49. The van der Waals surface area contributed by atoms with E-state index < -0.39 is 0 Å². The van der Waals surface area contributed by atoms with Crippen molar-refractivity contribution >= 4 is 28.5 Å². The van der Waals surface area contributed by atoms with Gasteiger partial charge < -0.3 is 14.8 Å². The number of rotatable bonds is 6. The first-order valence-corrected chi connectivity index (χ1v) is 11.0. The summed E-state index contributed by atoms with van der Waals surface area (Å²) < 4.78 is 3.25. The van der Waals surface area contributed by atoms with E-state index in [0.717, 1.165) is 36.1 Å². The summed E-state index contributed by atoms with van der Waals surface area (Å²) in [6.07, 6.45) is 3.86. The number of likely N-dealkylation sites (tertiary alicyclic amines) is 1. The minimum Gasteiger partial charge on any atom is -0.341 e. The molecule has 1 aliphatic heterocycles. The van der Waals surface area contributed by atoms with Gasteiger partial charge in [-0.15, -0.1) is 0 Å². The molecule has 0 unspecified atom stereocenters. The number of fused-ring (bicyclic) bond motifs is 1. The molecule has 1 atom stereocenters.